The molecule has 0 spiro atoms. The van der Waals surface area contributed by atoms with E-state index in [0.29, 0.717) is 4.90 Å². The van der Waals surface area contributed by atoms with Gasteiger partial charge in [-0.1, -0.05) is 72.8 Å². The Bertz CT molecular complexity index is 1350. The minimum atomic E-state index is -3.33. The summed E-state index contributed by atoms with van der Waals surface area (Å²) in [6.45, 7) is 3.41. The summed E-state index contributed by atoms with van der Waals surface area (Å²) in [4.78, 5) is 10.6. The van der Waals surface area contributed by atoms with Crippen LogP contribution in [0, 0.1) is 0 Å². The van der Waals surface area contributed by atoms with Gasteiger partial charge in [0.2, 0.25) is 0 Å². The Balaban J connectivity index is 1.64. The summed E-state index contributed by atoms with van der Waals surface area (Å²) in [6, 6.07) is 29.9. The van der Waals surface area contributed by atoms with E-state index in [0.717, 1.165) is 17.1 Å². The Morgan fingerprint density at radius 1 is 0.824 bits per heavy atom. The van der Waals surface area contributed by atoms with Crippen molar-refractivity contribution < 1.29 is 8.42 Å². The van der Waals surface area contributed by atoms with Gasteiger partial charge < -0.3 is 9.88 Å². The first kappa shape index (κ1) is 22.2. The van der Waals surface area contributed by atoms with E-state index < -0.39 is 15.1 Å². The van der Waals surface area contributed by atoms with E-state index in [4.69, 9.17) is 0 Å². The lowest BCUT2D eigenvalue weighted by atomic mass is 9.93. The molecular formula is C28H27N3O2S. The Morgan fingerprint density at radius 2 is 1.41 bits per heavy atom. The molecule has 1 atom stereocenters. The number of nitrogens with one attached hydrogen (secondary N) is 1. The van der Waals surface area contributed by atoms with Crippen LogP contribution in [0.1, 0.15) is 42.6 Å². The van der Waals surface area contributed by atoms with Gasteiger partial charge >= 0.3 is 0 Å². The number of aromatic nitrogens is 1. The van der Waals surface area contributed by atoms with Crippen LogP contribution in [-0.2, 0) is 9.84 Å². The van der Waals surface area contributed by atoms with E-state index in [2.05, 4.69) is 69.5 Å². The predicted octanol–water partition coefficient (Wildman–Crippen LogP) is 6.25. The van der Waals surface area contributed by atoms with Crippen LogP contribution in [0.3, 0.4) is 0 Å². The first-order chi connectivity index (χ1) is 16.5. The van der Waals surface area contributed by atoms with Gasteiger partial charge in [0.25, 0.3) is 0 Å². The molecule has 1 aliphatic heterocycles. The number of hydrogen-bond donors (Lipinski definition) is 1. The zero-order valence-electron chi connectivity index (χ0n) is 19.2. The second kappa shape index (κ2) is 8.95. The molecule has 0 amide bonds. The lowest BCUT2D eigenvalue weighted by Crippen LogP contribution is -2.36. The highest BCUT2D eigenvalue weighted by atomic mass is 32.2. The van der Waals surface area contributed by atoms with Gasteiger partial charge in [0, 0.05) is 12.4 Å². The third kappa shape index (κ3) is 3.94. The van der Waals surface area contributed by atoms with Crippen LogP contribution in [0.15, 0.2) is 107 Å². The van der Waals surface area contributed by atoms with Crippen molar-refractivity contribution in [2.45, 2.75) is 36.1 Å². The number of anilines is 1. The number of hydrogen-bond acceptors (Lipinski definition) is 4. The van der Waals surface area contributed by atoms with E-state index in [1.807, 2.05) is 36.7 Å². The Labute approximate surface area is 200 Å². The predicted molar refractivity (Wildman–Crippen MR) is 138 cm³/mol. The molecule has 0 fully saturated rings. The van der Waals surface area contributed by atoms with Gasteiger partial charge in [0.15, 0.2) is 15.7 Å². The molecule has 1 N–H and O–H groups in total. The van der Waals surface area contributed by atoms with Gasteiger partial charge in [0.05, 0.1) is 27.9 Å². The van der Waals surface area contributed by atoms with E-state index in [-0.39, 0.29) is 12.1 Å². The Morgan fingerprint density at radius 3 is 1.97 bits per heavy atom. The SMILES string of the molecule is CC(C)S(=O)(=O)c1ccc(C2C=Nc3[nH]ccc3N2C(c2ccccc2)c2ccccc2)cc1. The minimum Gasteiger partial charge on any atom is -0.345 e. The normalized spacial score (nSPS) is 15.6. The first-order valence-electron chi connectivity index (χ1n) is 11.4. The summed E-state index contributed by atoms with van der Waals surface area (Å²) in [7, 11) is -3.33. The smallest absolute Gasteiger partial charge is 0.180 e. The van der Waals surface area contributed by atoms with Crippen molar-refractivity contribution >= 4 is 27.6 Å². The van der Waals surface area contributed by atoms with E-state index in [9.17, 15) is 8.42 Å². The van der Waals surface area contributed by atoms with Crippen LogP contribution in [0.4, 0.5) is 11.5 Å². The molecule has 2 heterocycles. The molecule has 34 heavy (non-hydrogen) atoms. The number of rotatable bonds is 6. The molecule has 172 valence electrons. The molecule has 0 saturated heterocycles. The minimum absolute atomic E-state index is 0.0622. The van der Waals surface area contributed by atoms with Crippen LogP contribution in [-0.4, -0.2) is 24.9 Å². The maximum absolute atomic E-state index is 12.7. The summed E-state index contributed by atoms with van der Waals surface area (Å²) < 4.78 is 25.3. The molecule has 1 aliphatic rings. The molecule has 5 nitrogen and oxygen atoms in total. The summed E-state index contributed by atoms with van der Waals surface area (Å²) in [5.41, 5.74) is 4.32. The zero-order chi connectivity index (χ0) is 23.7. The quantitative estimate of drug-likeness (QED) is 0.363. The molecule has 0 saturated carbocycles. The highest BCUT2D eigenvalue weighted by Gasteiger charge is 2.34. The van der Waals surface area contributed by atoms with Crippen molar-refractivity contribution in [3.8, 4) is 0 Å². The van der Waals surface area contributed by atoms with Crippen molar-refractivity contribution in [2.24, 2.45) is 4.99 Å². The van der Waals surface area contributed by atoms with Crippen molar-refractivity contribution in [3.05, 3.63) is 114 Å². The third-order valence-corrected chi connectivity index (χ3v) is 8.48. The molecule has 5 rings (SSSR count). The molecule has 1 aromatic heterocycles. The maximum atomic E-state index is 12.7. The van der Waals surface area contributed by atoms with Gasteiger partial charge in [-0.2, -0.15) is 0 Å². The summed E-state index contributed by atoms with van der Waals surface area (Å²) in [6.07, 6.45) is 3.84. The number of nitrogens with zero attached hydrogens (tertiary/aromatic N) is 2. The molecular weight excluding hydrogens is 442 g/mol. The lowest BCUT2D eigenvalue weighted by molar-refractivity contribution is 0.587. The molecule has 0 radical (unpaired) electrons. The van der Waals surface area contributed by atoms with Gasteiger partial charge in [-0.15, -0.1) is 0 Å². The molecule has 3 aromatic carbocycles. The number of H-pyrrole nitrogens is 1. The highest BCUT2D eigenvalue weighted by molar-refractivity contribution is 7.92. The van der Waals surface area contributed by atoms with Crippen LogP contribution in [0.2, 0.25) is 0 Å². The zero-order valence-corrected chi connectivity index (χ0v) is 20.0. The van der Waals surface area contributed by atoms with E-state index >= 15 is 0 Å². The van der Waals surface area contributed by atoms with Crippen LogP contribution in [0.25, 0.3) is 0 Å². The van der Waals surface area contributed by atoms with E-state index in [1.165, 1.54) is 11.1 Å². The first-order valence-corrected chi connectivity index (χ1v) is 12.9. The van der Waals surface area contributed by atoms with E-state index in [1.54, 1.807) is 26.0 Å². The fourth-order valence-electron chi connectivity index (χ4n) is 4.49. The number of benzene rings is 3. The molecule has 4 aromatic rings. The average molecular weight is 470 g/mol. The summed E-state index contributed by atoms with van der Waals surface area (Å²) >= 11 is 0. The summed E-state index contributed by atoms with van der Waals surface area (Å²) in [5.74, 6) is 0.812. The van der Waals surface area contributed by atoms with Gasteiger partial charge in [-0.05, 0) is 48.7 Å². The lowest BCUT2D eigenvalue weighted by Gasteiger charge is -2.40. The Kier molecular flexibility index (Phi) is 5.84. The van der Waals surface area contributed by atoms with Gasteiger partial charge in [-0.3, -0.25) is 0 Å². The fourth-order valence-corrected chi connectivity index (χ4v) is 5.55. The molecule has 6 heteroatoms. The standard InChI is InChI=1S/C28H27N3O2S/c1-20(2)34(32,33)24-15-13-21(14-16-24)26-19-30-28-25(17-18-29-28)31(26)27(22-9-5-3-6-10-22)23-11-7-4-8-12-23/h3-20,26-27,29H,1-2H3. The van der Waals surface area contributed by atoms with Gasteiger partial charge in [-0.25, -0.2) is 13.4 Å². The number of aliphatic imine (C=N–C) groups is 1. The van der Waals surface area contributed by atoms with Gasteiger partial charge in [0.1, 0.15) is 0 Å². The third-order valence-electron chi connectivity index (χ3n) is 6.31. The number of aromatic amines is 1. The Hall–Kier alpha value is -3.64. The molecule has 0 bridgehead atoms. The average Bonchev–Trinajstić information content (AvgIpc) is 3.35. The largest absolute Gasteiger partial charge is 0.345 e. The van der Waals surface area contributed by atoms with Crippen molar-refractivity contribution in [1.82, 2.24) is 4.98 Å². The van der Waals surface area contributed by atoms with Crippen molar-refractivity contribution in [3.63, 3.8) is 0 Å². The number of fused-ring (bicyclic) bond motifs is 1. The van der Waals surface area contributed by atoms with Crippen molar-refractivity contribution in [2.75, 3.05) is 4.90 Å². The topological polar surface area (TPSA) is 65.5 Å². The maximum Gasteiger partial charge on any atom is 0.180 e. The fraction of sp³-hybridized carbons (Fsp3) is 0.179. The molecule has 0 aliphatic carbocycles. The van der Waals surface area contributed by atoms with Crippen LogP contribution >= 0.6 is 0 Å². The summed E-state index contributed by atoms with van der Waals surface area (Å²) in [5, 5.41) is -0.464. The van der Waals surface area contributed by atoms with Crippen LogP contribution in [0.5, 0.6) is 0 Å². The van der Waals surface area contributed by atoms with Crippen LogP contribution < -0.4 is 4.90 Å². The molecule has 1 unspecified atom stereocenters. The monoisotopic (exact) mass is 469 g/mol. The van der Waals surface area contributed by atoms with Crippen molar-refractivity contribution in [1.29, 1.82) is 0 Å². The second-order valence-electron chi connectivity index (χ2n) is 8.73. The highest BCUT2D eigenvalue weighted by Crippen LogP contribution is 2.45. The second-order valence-corrected chi connectivity index (χ2v) is 11.2. The number of sulfone groups is 1.